The van der Waals surface area contributed by atoms with Gasteiger partial charge in [-0.05, 0) is 32.8 Å². The number of aromatic nitrogens is 5. The molecule has 4 heterocycles. The normalized spacial score (nSPS) is 16.8. The summed E-state index contributed by atoms with van der Waals surface area (Å²) in [5.74, 6) is 1.10. The van der Waals surface area contributed by atoms with Crippen molar-refractivity contribution in [1.82, 2.24) is 24.6 Å². The highest BCUT2D eigenvalue weighted by Crippen LogP contribution is 2.39. The molecule has 1 aliphatic rings. The number of aryl methyl sites for hydroxylation is 1. The zero-order valence-corrected chi connectivity index (χ0v) is 16.8. The number of nitrogens with zero attached hydrogens (tertiary/aromatic N) is 6. The molecule has 0 amide bonds. The third-order valence-corrected chi connectivity index (χ3v) is 6.57. The van der Waals surface area contributed by atoms with Crippen LogP contribution in [0.15, 0.2) is 28.4 Å². The van der Waals surface area contributed by atoms with Crippen LogP contribution in [0.2, 0.25) is 5.02 Å². The Morgan fingerprint density at radius 1 is 1.26 bits per heavy atom. The van der Waals surface area contributed by atoms with Gasteiger partial charge in [0.15, 0.2) is 5.65 Å². The van der Waals surface area contributed by atoms with Crippen LogP contribution >= 0.6 is 23.4 Å². The summed E-state index contributed by atoms with van der Waals surface area (Å²) in [6.45, 7) is 5.75. The van der Waals surface area contributed by atoms with E-state index in [0.717, 1.165) is 53.0 Å². The van der Waals surface area contributed by atoms with Crippen LogP contribution in [0.5, 0.6) is 0 Å². The van der Waals surface area contributed by atoms with Crippen LogP contribution in [0.4, 0.5) is 11.8 Å². The highest BCUT2D eigenvalue weighted by atomic mass is 35.5. The second kappa shape index (κ2) is 6.81. The smallest absolute Gasteiger partial charge is 0.228 e. The summed E-state index contributed by atoms with van der Waals surface area (Å²) >= 11 is 7.78. The van der Waals surface area contributed by atoms with Crippen molar-refractivity contribution in [2.45, 2.75) is 42.0 Å². The molecule has 4 rings (SSSR count). The Hall–Kier alpha value is -2.10. The van der Waals surface area contributed by atoms with Crippen molar-refractivity contribution in [2.75, 3.05) is 23.7 Å². The number of hydrogen-bond acceptors (Lipinski definition) is 8. The maximum atomic E-state index is 6.31. The molecule has 4 N–H and O–H groups in total. The molecule has 0 aromatic carbocycles. The van der Waals surface area contributed by atoms with Crippen molar-refractivity contribution in [3.63, 3.8) is 0 Å². The molecule has 1 aliphatic heterocycles. The van der Waals surface area contributed by atoms with Crippen molar-refractivity contribution in [3.8, 4) is 0 Å². The third kappa shape index (κ3) is 3.42. The van der Waals surface area contributed by atoms with Gasteiger partial charge in [-0.2, -0.15) is 9.61 Å². The van der Waals surface area contributed by atoms with Crippen molar-refractivity contribution >= 4 is 40.8 Å². The van der Waals surface area contributed by atoms with E-state index in [4.69, 9.17) is 28.1 Å². The summed E-state index contributed by atoms with van der Waals surface area (Å²) in [5.41, 5.74) is 13.6. The van der Waals surface area contributed by atoms with Crippen molar-refractivity contribution < 1.29 is 0 Å². The Balaban J connectivity index is 1.73. The van der Waals surface area contributed by atoms with Crippen LogP contribution in [0, 0.1) is 6.92 Å². The minimum Gasteiger partial charge on any atom is -0.382 e. The van der Waals surface area contributed by atoms with Crippen LogP contribution in [-0.4, -0.2) is 43.2 Å². The molecule has 8 nitrogen and oxygen atoms in total. The van der Waals surface area contributed by atoms with E-state index in [1.54, 1.807) is 17.0 Å². The van der Waals surface area contributed by atoms with Crippen molar-refractivity contribution in [3.05, 3.63) is 29.3 Å². The molecule has 142 valence electrons. The van der Waals surface area contributed by atoms with Crippen LogP contribution in [-0.2, 0) is 0 Å². The molecule has 0 atom stereocenters. The van der Waals surface area contributed by atoms with Crippen LogP contribution in [0.1, 0.15) is 25.5 Å². The Bertz CT molecular complexity index is 992. The van der Waals surface area contributed by atoms with Crippen molar-refractivity contribution in [1.29, 1.82) is 0 Å². The predicted octanol–water partition coefficient (Wildman–Crippen LogP) is 2.53. The van der Waals surface area contributed by atoms with Gasteiger partial charge in [-0.15, -0.1) is 0 Å². The van der Waals surface area contributed by atoms with Gasteiger partial charge in [0.1, 0.15) is 12.1 Å². The zero-order chi connectivity index (χ0) is 19.2. The van der Waals surface area contributed by atoms with Crippen molar-refractivity contribution in [2.24, 2.45) is 5.73 Å². The van der Waals surface area contributed by atoms with Gasteiger partial charge < -0.3 is 16.4 Å². The third-order valence-electron chi connectivity index (χ3n) is 4.82. The predicted molar refractivity (Wildman–Crippen MR) is 107 cm³/mol. The Morgan fingerprint density at radius 2 is 2.00 bits per heavy atom. The SMILES string of the molecule is Cc1nc(N2CCC(C)(N)CC2)n2ncnc2c1Sc1ccnc(N)c1Cl. The minimum absolute atomic E-state index is 0.124. The van der Waals surface area contributed by atoms with Gasteiger partial charge >= 0.3 is 0 Å². The number of fused-ring (bicyclic) bond motifs is 1. The summed E-state index contributed by atoms with van der Waals surface area (Å²) in [6, 6.07) is 1.83. The number of nitrogen functional groups attached to an aromatic ring is 1. The van der Waals surface area contributed by atoms with E-state index in [9.17, 15) is 0 Å². The molecule has 0 aliphatic carbocycles. The summed E-state index contributed by atoms with van der Waals surface area (Å²) in [7, 11) is 0. The van der Waals surface area contributed by atoms with E-state index in [-0.39, 0.29) is 5.54 Å². The number of anilines is 2. The van der Waals surface area contributed by atoms with Gasteiger partial charge in [-0.1, -0.05) is 23.4 Å². The van der Waals surface area contributed by atoms with E-state index in [1.165, 1.54) is 11.8 Å². The Labute approximate surface area is 166 Å². The largest absolute Gasteiger partial charge is 0.382 e. The second-order valence-electron chi connectivity index (χ2n) is 7.07. The minimum atomic E-state index is -0.124. The fraction of sp³-hybridized carbons (Fsp3) is 0.412. The molecule has 0 saturated carbocycles. The van der Waals surface area contributed by atoms with Crippen LogP contribution in [0.25, 0.3) is 5.65 Å². The van der Waals surface area contributed by atoms with Crippen LogP contribution < -0.4 is 16.4 Å². The molecule has 1 fully saturated rings. The topological polar surface area (TPSA) is 111 Å². The molecule has 0 unspecified atom stereocenters. The molecule has 0 spiro atoms. The molecular weight excluding hydrogens is 384 g/mol. The number of hydrogen-bond donors (Lipinski definition) is 2. The number of piperidine rings is 1. The molecule has 0 bridgehead atoms. The molecule has 27 heavy (non-hydrogen) atoms. The van der Waals surface area contributed by atoms with E-state index in [0.29, 0.717) is 10.8 Å². The Morgan fingerprint density at radius 3 is 2.74 bits per heavy atom. The maximum Gasteiger partial charge on any atom is 0.228 e. The average Bonchev–Trinajstić information content (AvgIpc) is 3.10. The lowest BCUT2D eigenvalue weighted by Gasteiger charge is -2.37. The first kappa shape index (κ1) is 18.3. The lowest BCUT2D eigenvalue weighted by Crippen LogP contribution is -2.49. The second-order valence-corrected chi connectivity index (χ2v) is 8.50. The number of nitrogens with two attached hydrogens (primary N) is 2. The maximum absolute atomic E-state index is 6.31. The first-order chi connectivity index (χ1) is 12.9. The fourth-order valence-corrected chi connectivity index (χ4v) is 4.32. The number of halogens is 1. The molecule has 1 saturated heterocycles. The summed E-state index contributed by atoms with van der Waals surface area (Å²) < 4.78 is 1.78. The quantitative estimate of drug-likeness (QED) is 0.684. The first-order valence-corrected chi connectivity index (χ1v) is 9.87. The Kier molecular flexibility index (Phi) is 4.61. The average molecular weight is 405 g/mol. The van der Waals surface area contributed by atoms with Gasteiger partial charge in [-0.25, -0.2) is 15.0 Å². The monoisotopic (exact) mass is 404 g/mol. The lowest BCUT2D eigenvalue weighted by molar-refractivity contribution is 0.360. The first-order valence-electron chi connectivity index (χ1n) is 8.68. The zero-order valence-electron chi connectivity index (χ0n) is 15.2. The van der Waals surface area contributed by atoms with Gasteiger partial charge in [0.2, 0.25) is 5.95 Å². The highest BCUT2D eigenvalue weighted by molar-refractivity contribution is 7.99. The molecule has 3 aromatic rings. The van der Waals surface area contributed by atoms with Gasteiger partial charge in [-0.3, -0.25) is 0 Å². The number of rotatable bonds is 3. The van der Waals surface area contributed by atoms with E-state index >= 15 is 0 Å². The van der Waals surface area contributed by atoms with E-state index in [1.807, 2.05) is 13.0 Å². The van der Waals surface area contributed by atoms with Gasteiger partial charge in [0.25, 0.3) is 0 Å². The van der Waals surface area contributed by atoms with E-state index < -0.39 is 0 Å². The van der Waals surface area contributed by atoms with Crippen LogP contribution in [0.3, 0.4) is 0 Å². The lowest BCUT2D eigenvalue weighted by atomic mass is 9.91. The molecule has 10 heteroatoms. The summed E-state index contributed by atoms with van der Waals surface area (Å²) in [6.07, 6.45) is 5.00. The van der Waals surface area contributed by atoms with Gasteiger partial charge in [0.05, 0.1) is 15.6 Å². The molecule has 3 aromatic heterocycles. The highest BCUT2D eigenvalue weighted by Gasteiger charge is 2.28. The van der Waals surface area contributed by atoms with E-state index in [2.05, 4.69) is 26.9 Å². The standard InChI is InChI=1S/C17H21ClN8S/c1-10-13(27-11-3-6-21-14(19)12(11)18)15-22-9-23-26(15)16(24-10)25-7-4-17(2,20)5-8-25/h3,6,9H,4-5,7-8,20H2,1-2H3,(H2,19,21). The molecular formula is C17H21ClN8S. The summed E-state index contributed by atoms with van der Waals surface area (Å²) in [5, 5.41) is 4.83. The van der Waals surface area contributed by atoms with Gasteiger partial charge in [0, 0.05) is 29.7 Å². The fourth-order valence-electron chi connectivity index (χ4n) is 3.12. The number of pyridine rings is 1. The summed E-state index contributed by atoms with van der Waals surface area (Å²) in [4.78, 5) is 17.2. The molecule has 0 radical (unpaired) electrons.